The van der Waals surface area contributed by atoms with E-state index in [0.29, 0.717) is 30.8 Å². The summed E-state index contributed by atoms with van der Waals surface area (Å²) in [5.74, 6) is -1.09. The molecule has 4 amide bonds. The number of carboxylic acid groups (broad SMARTS) is 1. The lowest BCUT2D eigenvalue weighted by Crippen LogP contribution is -2.76. The zero-order valence-corrected chi connectivity index (χ0v) is 20.7. The quantitative estimate of drug-likeness (QED) is 0.548. The van der Waals surface area contributed by atoms with E-state index < -0.39 is 17.5 Å². The summed E-state index contributed by atoms with van der Waals surface area (Å²) in [4.78, 5) is 46.7. The van der Waals surface area contributed by atoms with Gasteiger partial charge >= 0.3 is 18.0 Å². The summed E-state index contributed by atoms with van der Waals surface area (Å²) in [6, 6.07) is 27.2. The van der Waals surface area contributed by atoms with E-state index in [0.717, 1.165) is 5.56 Å². The van der Waals surface area contributed by atoms with Gasteiger partial charge in [-0.2, -0.15) is 0 Å². The molecule has 0 spiro atoms. The molecule has 0 radical (unpaired) electrons. The maximum Gasteiger partial charge on any atom is 0.331 e. The smallest absolute Gasteiger partial charge is 0.331 e. The van der Waals surface area contributed by atoms with E-state index in [-0.39, 0.29) is 25.2 Å². The molecular weight excluding hydrogens is 468 g/mol. The lowest BCUT2D eigenvalue weighted by atomic mass is 9.79. The van der Waals surface area contributed by atoms with Gasteiger partial charge in [0.15, 0.2) is 5.54 Å². The van der Waals surface area contributed by atoms with Crippen molar-refractivity contribution in [2.75, 3.05) is 25.0 Å². The van der Waals surface area contributed by atoms with Gasteiger partial charge in [-0.05, 0) is 42.7 Å². The molecule has 8 heteroatoms. The Morgan fingerprint density at radius 2 is 1.41 bits per heavy atom. The van der Waals surface area contributed by atoms with Crippen LogP contribution < -0.4 is 4.90 Å². The van der Waals surface area contributed by atoms with Gasteiger partial charge in [0.05, 0.1) is 24.0 Å². The van der Waals surface area contributed by atoms with Crippen LogP contribution in [0.15, 0.2) is 91.0 Å². The Balaban J connectivity index is 1.44. The Bertz CT molecular complexity index is 1230. The van der Waals surface area contributed by atoms with Gasteiger partial charge in [0.25, 0.3) is 0 Å². The number of nitrogens with zero attached hydrogens (tertiary/aromatic N) is 4. The van der Waals surface area contributed by atoms with Crippen LogP contribution in [0.5, 0.6) is 0 Å². The number of piperidine rings is 2. The Morgan fingerprint density at radius 1 is 0.865 bits per heavy atom. The molecule has 3 aromatic rings. The average Bonchev–Trinajstić information content (AvgIpc) is 2.94. The molecule has 0 saturated carbocycles. The van der Waals surface area contributed by atoms with Crippen LogP contribution in [0.1, 0.15) is 18.4 Å². The molecule has 3 aliphatic rings. The molecule has 3 fully saturated rings. The Morgan fingerprint density at radius 3 is 1.95 bits per heavy atom. The van der Waals surface area contributed by atoms with Crippen LogP contribution in [0, 0.1) is 0 Å². The summed E-state index contributed by atoms with van der Waals surface area (Å²) in [5.41, 5.74) is 0.788. The van der Waals surface area contributed by atoms with E-state index in [4.69, 9.17) is 0 Å². The number of anilines is 2. The van der Waals surface area contributed by atoms with Crippen molar-refractivity contribution in [3.05, 3.63) is 96.6 Å². The third-order valence-corrected chi connectivity index (χ3v) is 7.36. The number of urea groups is 2. The first-order chi connectivity index (χ1) is 17.9. The normalized spacial score (nSPS) is 20.4. The molecule has 2 atom stereocenters. The van der Waals surface area contributed by atoms with E-state index in [1.165, 1.54) is 4.90 Å². The van der Waals surface area contributed by atoms with Crippen molar-refractivity contribution in [1.82, 2.24) is 14.7 Å². The fourth-order valence-electron chi connectivity index (χ4n) is 5.41. The molecular formula is C29H30N4O4. The number of hydrogen-bond donors (Lipinski definition) is 1. The SMILES string of the molecule is CN(Cc1ccccc1)C(=O)N1CC2(C(=O)O)CC[C@H]1CN2C(=O)N(c1ccccc1)c1ccccc1. The van der Waals surface area contributed by atoms with Crippen LogP contribution in [0.2, 0.25) is 0 Å². The number of fused-ring (bicyclic) bond motifs is 3. The van der Waals surface area contributed by atoms with E-state index >= 15 is 0 Å². The van der Waals surface area contributed by atoms with Crippen molar-refractivity contribution < 1.29 is 19.5 Å². The van der Waals surface area contributed by atoms with Crippen LogP contribution in [0.3, 0.4) is 0 Å². The molecule has 2 bridgehead atoms. The molecule has 8 nitrogen and oxygen atoms in total. The minimum Gasteiger partial charge on any atom is -0.479 e. The van der Waals surface area contributed by atoms with Gasteiger partial charge in [-0.3, -0.25) is 4.90 Å². The second-order valence-electron chi connectivity index (χ2n) is 9.68. The summed E-state index contributed by atoms with van der Waals surface area (Å²) >= 11 is 0. The molecule has 3 aromatic carbocycles. The highest BCUT2D eigenvalue weighted by molar-refractivity contribution is 6.02. The minimum absolute atomic E-state index is 0.0475. The predicted octanol–water partition coefficient (Wildman–Crippen LogP) is 4.80. The second kappa shape index (κ2) is 9.97. The summed E-state index contributed by atoms with van der Waals surface area (Å²) in [6.07, 6.45) is 0.819. The van der Waals surface area contributed by atoms with Gasteiger partial charge in [0, 0.05) is 20.1 Å². The molecule has 37 heavy (non-hydrogen) atoms. The van der Waals surface area contributed by atoms with Gasteiger partial charge in [-0.15, -0.1) is 0 Å². The fraction of sp³-hybridized carbons (Fsp3) is 0.276. The first kappa shape index (κ1) is 24.4. The standard InChI is InChI=1S/C29H30N4O4/c1-30(19-22-11-5-2-6-12-22)27(36)31-21-29(26(34)35)18-17-25(31)20-32(29)28(37)33(23-13-7-3-8-14-23)24-15-9-4-10-16-24/h2-16,25H,17-21H2,1H3,(H,34,35)/t25-,29?/m0/s1. The highest BCUT2D eigenvalue weighted by atomic mass is 16.4. The Labute approximate surface area is 216 Å². The number of aliphatic carboxylic acids is 1. The molecule has 1 N–H and O–H groups in total. The first-order valence-electron chi connectivity index (χ1n) is 12.4. The largest absolute Gasteiger partial charge is 0.479 e. The van der Waals surface area contributed by atoms with Gasteiger partial charge < -0.3 is 19.8 Å². The van der Waals surface area contributed by atoms with Crippen molar-refractivity contribution in [2.24, 2.45) is 0 Å². The molecule has 1 unspecified atom stereocenters. The van der Waals surface area contributed by atoms with Crippen molar-refractivity contribution >= 4 is 29.4 Å². The Hall–Kier alpha value is -4.33. The average molecular weight is 499 g/mol. The van der Waals surface area contributed by atoms with Gasteiger partial charge in [-0.1, -0.05) is 66.7 Å². The van der Waals surface area contributed by atoms with Gasteiger partial charge in [-0.25, -0.2) is 14.4 Å². The number of rotatable bonds is 5. The number of carbonyl (C=O) groups is 3. The molecule has 0 aliphatic carbocycles. The highest BCUT2D eigenvalue weighted by Crippen LogP contribution is 2.40. The third-order valence-electron chi connectivity index (χ3n) is 7.36. The molecule has 3 aliphatic heterocycles. The van der Waals surface area contributed by atoms with Crippen LogP contribution in [-0.4, -0.2) is 69.6 Å². The number of carboxylic acids is 1. The van der Waals surface area contributed by atoms with Crippen LogP contribution in [-0.2, 0) is 11.3 Å². The van der Waals surface area contributed by atoms with Crippen LogP contribution in [0.25, 0.3) is 0 Å². The van der Waals surface area contributed by atoms with E-state index in [9.17, 15) is 19.5 Å². The molecule has 190 valence electrons. The molecule has 3 heterocycles. The number of carbonyl (C=O) groups excluding carboxylic acids is 2. The second-order valence-corrected chi connectivity index (χ2v) is 9.68. The lowest BCUT2D eigenvalue weighted by molar-refractivity contribution is -0.160. The highest BCUT2D eigenvalue weighted by Gasteiger charge is 2.58. The molecule has 0 aromatic heterocycles. The summed E-state index contributed by atoms with van der Waals surface area (Å²) in [7, 11) is 1.72. The predicted molar refractivity (Wildman–Crippen MR) is 141 cm³/mol. The summed E-state index contributed by atoms with van der Waals surface area (Å²) in [5, 5.41) is 10.5. The third kappa shape index (κ3) is 4.50. The summed E-state index contributed by atoms with van der Waals surface area (Å²) in [6.45, 7) is 0.530. The van der Waals surface area contributed by atoms with Crippen molar-refractivity contribution in [3.8, 4) is 0 Å². The van der Waals surface area contributed by atoms with Crippen LogP contribution >= 0.6 is 0 Å². The number of amides is 4. The van der Waals surface area contributed by atoms with E-state index in [2.05, 4.69) is 0 Å². The van der Waals surface area contributed by atoms with Crippen LogP contribution in [0.4, 0.5) is 21.0 Å². The van der Waals surface area contributed by atoms with Crippen molar-refractivity contribution in [1.29, 1.82) is 0 Å². The van der Waals surface area contributed by atoms with Crippen molar-refractivity contribution in [3.63, 3.8) is 0 Å². The number of benzene rings is 3. The first-order valence-corrected chi connectivity index (χ1v) is 12.4. The lowest BCUT2D eigenvalue weighted by Gasteiger charge is -2.57. The molecule has 6 rings (SSSR count). The molecule has 3 saturated heterocycles. The number of hydrogen-bond acceptors (Lipinski definition) is 3. The Kier molecular flexibility index (Phi) is 6.56. The van der Waals surface area contributed by atoms with Gasteiger partial charge in [0.2, 0.25) is 0 Å². The van der Waals surface area contributed by atoms with E-state index in [1.807, 2.05) is 91.0 Å². The number of para-hydroxylation sites is 2. The minimum atomic E-state index is -1.50. The number of piperazine rings is 1. The monoisotopic (exact) mass is 498 g/mol. The van der Waals surface area contributed by atoms with Gasteiger partial charge in [0.1, 0.15) is 0 Å². The van der Waals surface area contributed by atoms with E-state index in [1.54, 1.807) is 21.7 Å². The topological polar surface area (TPSA) is 84.4 Å². The zero-order chi connectivity index (χ0) is 26.0. The maximum absolute atomic E-state index is 14.1. The zero-order valence-electron chi connectivity index (χ0n) is 20.7. The fourth-order valence-corrected chi connectivity index (χ4v) is 5.41. The maximum atomic E-state index is 14.1. The van der Waals surface area contributed by atoms with Crippen molar-refractivity contribution in [2.45, 2.75) is 31.0 Å². The summed E-state index contributed by atoms with van der Waals surface area (Å²) < 4.78 is 0.